The fourth-order valence-electron chi connectivity index (χ4n) is 3.45. The third-order valence-corrected chi connectivity index (χ3v) is 5.17. The van der Waals surface area contributed by atoms with Gasteiger partial charge in [-0.15, -0.1) is 0 Å². The lowest BCUT2D eigenvalue weighted by molar-refractivity contribution is -0.114. The molecule has 0 bridgehead atoms. The maximum atomic E-state index is 12.7. The van der Waals surface area contributed by atoms with Gasteiger partial charge >= 0.3 is 0 Å². The number of nitrogens with zero attached hydrogens (tertiary/aromatic N) is 1. The lowest BCUT2D eigenvalue weighted by atomic mass is 10.1. The van der Waals surface area contributed by atoms with Crippen molar-refractivity contribution in [1.29, 1.82) is 0 Å². The summed E-state index contributed by atoms with van der Waals surface area (Å²) >= 11 is 0. The first-order valence-electron chi connectivity index (χ1n) is 10.8. The fraction of sp³-hybridized carbons (Fsp3) is 0.417. The molecule has 31 heavy (non-hydrogen) atoms. The first kappa shape index (κ1) is 22.6. The van der Waals surface area contributed by atoms with E-state index in [9.17, 15) is 9.59 Å². The average molecular weight is 426 g/mol. The van der Waals surface area contributed by atoms with Crippen molar-refractivity contribution in [3.05, 3.63) is 54.1 Å². The number of rotatable bonds is 9. The number of amides is 2. The zero-order valence-electron chi connectivity index (χ0n) is 18.1. The molecule has 2 aromatic carbocycles. The van der Waals surface area contributed by atoms with Gasteiger partial charge in [0.05, 0.1) is 13.2 Å². The molecule has 0 unspecified atom stereocenters. The first-order valence-corrected chi connectivity index (χ1v) is 10.8. The Morgan fingerprint density at radius 3 is 2.16 bits per heavy atom. The highest BCUT2D eigenvalue weighted by molar-refractivity contribution is 5.96. The van der Waals surface area contributed by atoms with Crippen LogP contribution in [0.2, 0.25) is 0 Å². The molecule has 7 nitrogen and oxygen atoms in total. The Morgan fingerprint density at radius 1 is 0.871 bits per heavy atom. The van der Waals surface area contributed by atoms with Crippen LogP contribution in [0.25, 0.3) is 0 Å². The maximum Gasteiger partial charge on any atom is 0.253 e. The second kappa shape index (κ2) is 12.0. The number of hydrogen-bond acceptors (Lipinski definition) is 5. The zero-order valence-corrected chi connectivity index (χ0v) is 18.1. The molecule has 166 valence electrons. The predicted octanol–water partition coefficient (Wildman–Crippen LogP) is 3.78. The number of nitrogens with one attached hydrogen (secondary N) is 2. The van der Waals surface area contributed by atoms with Gasteiger partial charge in [-0.05, 0) is 61.4 Å². The maximum absolute atomic E-state index is 12.7. The summed E-state index contributed by atoms with van der Waals surface area (Å²) in [5.41, 5.74) is 2.15. The number of likely N-dealkylation sites (tertiary alicyclic amines) is 1. The summed E-state index contributed by atoms with van der Waals surface area (Å²) in [6, 6.07) is 14.5. The molecule has 0 spiro atoms. The van der Waals surface area contributed by atoms with Crippen molar-refractivity contribution in [2.24, 2.45) is 0 Å². The molecule has 1 aliphatic heterocycles. The van der Waals surface area contributed by atoms with Crippen LogP contribution in [-0.4, -0.2) is 56.7 Å². The van der Waals surface area contributed by atoms with Gasteiger partial charge < -0.3 is 25.0 Å². The molecule has 1 heterocycles. The lowest BCUT2D eigenvalue weighted by Crippen LogP contribution is -2.31. The van der Waals surface area contributed by atoms with E-state index in [-0.39, 0.29) is 18.4 Å². The molecule has 0 aromatic heterocycles. The zero-order chi connectivity index (χ0) is 21.9. The van der Waals surface area contributed by atoms with E-state index in [0.717, 1.165) is 37.4 Å². The molecular formula is C24H31N3O4. The van der Waals surface area contributed by atoms with Crippen molar-refractivity contribution in [3.63, 3.8) is 0 Å². The Hall–Kier alpha value is -3.06. The number of carbonyl (C=O) groups excluding carboxylic acids is 2. The van der Waals surface area contributed by atoms with Gasteiger partial charge in [0.25, 0.3) is 5.91 Å². The smallest absolute Gasteiger partial charge is 0.253 e. The van der Waals surface area contributed by atoms with Crippen LogP contribution in [0, 0.1) is 0 Å². The number of hydrogen-bond donors (Lipinski definition) is 2. The van der Waals surface area contributed by atoms with E-state index < -0.39 is 0 Å². The number of ether oxygens (including phenoxy) is 2. The second-order valence-electron chi connectivity index (χ2n) is 7.55. The molecule has 0 atom stereocenters. The van der Waals surface area contributed by atoms with Crippen molar-refractivity contribution in [3.8, 4) is 5.75 Å². The number of methoxy groups -OCH3 is 1. The Bertz CT molecular complexity index is 829. The van der Waals surface area contributed by atoms with Crippen molar-refractivity contribution < 1.29 is 19.1 Å². The monoisotopic (exact) mass is 425 g/mol. The van der Waals surface area contributed by atoms with Gasteiger partial charge in [0.2, 0.25) is 5.91 Å². The summed E-state index contributed by atoms with van der Waals surface area (Å²) in [6.07, 6.45) is 4.51. The van der Waals surface area contributed by atoms with Crippen molar-refractivity contribution in [2.75, 3.05) is 50.6 Å². The first-order chi connectivity index (χ1) is 15.2. The van der Waals surface area contributed by atoms with Crippen LogP contribution in [0.5, 0.6) is 5.75 Å². The minimum Gasteiger partial charge on any atom is -0.491 e. The summed E-state index contributed by atoms with van der Waals surface area (Å²) < 4.78 is 10.5. The second-order valence-corrected chi connectivity index (χ2v) is 7.55. The summed E-state index contributed by atoms with van der Waals surface area (Å²) in [5, 5.41) is 5.93. The van der Waals surface area contributed by atoms with E-state index in [1.54, 1.807) is 31.4 Å². The predicted molar refractivity (Wildman–Crippen MR) is 122 cm³/mol. The molecule has 1 aliphatic rings. The molecule has 1 saturated heterocycles. The summed E-state index contributed by atoms with van der Waals surface area (Å²) in [5.74, 6) is 0.657. The van der Waals surface area contributed by atoms with Gasteiger partial charge in [0.1, 0.15) is 12.4 Å². The van der Waals surface area contributed by atoms with Gasteiger partial charge in [0.15, 0.2) is 0 Å². The summed E-state index contributed by atoms with van der Waals surface area (Å²) in [4.78, 5) is 26.8. The van der Waals surface area contributed by atoms with E-state index in [1.807, 2.05) is 29.2 Å². The van der Waals surface area contributed by atoms with E-state index in [0.29, 0.717) is 24.5 Å². The number of anilines is 2. The van der Waals surface area contributed by atoms with Crippen LogP contribution in [0.4, 0.5) is 11.4 Å². The van der Waals surface area contributed by atoms with Crippen LogP contribution in [-0.2, 0) is 9.53 Å². The van der Waals surface area contributed by atoms with Crippen LogP contribution in [0.1, 0.15) is 36.0 Å². The molecule has 2 aromatic rings. The standard InChI is InChI=1S/C24H31N3O4/c1-30-16-17-31-22-12-10-20(11-13-22)25-18-23(28)26-21-8-6-19(7-9-21)24(29)27-14-4-2-3-5-15-27/h6-13,25H,2-5,14-18H2,1H3,(H,26,28). The molecule has 3 rings (SSSR count). The molecule has 0 saturated carbocycles. The average Bonchev–Trinajstić information content (AvgIpc) is 3.08. The Labute approximate surface area is 183 Å². The number of benzene rings is 2. The topological polar surface area (TPSA) is 79.9 Å². The molecule has 7 heteroatoms. The highest BCUT2D eigenvalue weighted by atomic mass is 16.5. The summed E-state index contributed by atoms with van der Waals surface area (Å²) in [6.45, 7) is 2.81. The van der Waals surface area contributed by atoms with E-state index >= 15 is 0 Å². The van der Waals surface area contributed by atoms with E-state index in [4.69, 9.17) is 9.47 Å². The number of carbonyl (C=O) groups is 2. The Morgan fingerprint density at radius 2 is 1.52 bits per heavy atom. The molecule has 0 aliphatic carbocycles. The van der Waals surface area contributed by atoms with Crippen LogP contribution < -0.4 is 15.4 Å². The molecular weight excluding hydrogens is 394 g/mol. The van der Waals surface area contributed by atoms with Gasteiger partial charge in [-0.3, -0.25) is 9.59 Å². The largest absolute Gasteiger partial charge is 0.491 e. The highest BCUT2D eigenvalue weighted by Gasteiger charge is 2.17. The van der Waals surface area contributed by atoms with Crippen LogP contribution in [0.3, 0.4) is 0 Å². The van der Waals surface area contributed by atoms with Crippen molar-refractivity contribution in [2.45, 2.75) is 25.7 Å². The molecule has 1 fully saturated rings. The van der Waals surface area contributed by atoms with Crippen LogP contribution >= 0.6 is 0 Å². The normalized spacial score (nSPS) is 13.9. The lowest BCUT2D eigenvalue weighted by Gasteiger charge is -2.20. The van der Waals surface area contributed by atoms with E-state index in [1.165, 1.54) is 12.8 Å². The minimum atomic E-state index is -0.160. The van der Waals surface area contributed by atoms with Crippen molar-refractivity contribution >= 4 is 23.2 Å². The SMILES string of the molecule is COCCOc1ccc(NCC(=O)Nc2ccc(C(=O)N3CCCCCC3)cc2)cc1. The van der Waals surface area contributed by atoms with Gasteiger partial charge in [-0.25, -0.2) is 0 Å². The van der Waals surface area contributed by atoms with Gasteiger partial charge in [-0.1, -0.05) is 12.8 Å². The third kappa shape index (κ3) is 7.29. The Balaban J connectivity index is 1.44. The molecule has 2 N–H and O–H groups in total. The van der Waals surface area contributed by atoms with Crippen LogP contribution in [0.15, 0.2) is 48.5 Å². The minimum absolute atomic E-state index is 0.0658. The van der Waals surface area contributed by atoms with Gasteiger partial charge in [0, 0.05) is 37.1 Å². The third-order valence-electron chi connectivity index (χ3n) is 5.17. The highest BCUT2D eigenvalue weighted by Crippen LogP contribution is 2.17. The van der Waals surface area contributed by atoms with E-state index in [2.05, 4.69) is 10.6 Å². The molecule has 0 radical (unpaired) electrons. The van der Waals surface area contributed by atoms with Crippen molar-refractivity contribution in [1.82, 2.24) is 4.90 Å². The quantitative estimate of drug-likeness (QED) is 0.598. The summed E-state index contributed by atoms with van der Waals surface area (Å²) in [7, 11) is 1.63. The fourth-order valence-corrected chi connectivity index (χ4v) is 3.45. The van der Waals surface area contributed by atoms with Gasteiger partial charge in [-0.2, -0.15) is 0 Å². The molecule has 2 amide bonds. The Kier molecular flexibility index (Phi) is 8.72.